The zero-order chi connectivity index (χ0) is 9.47. The fourth-order valence-electron chi connectivity index (χ4n) is 3.04. The van der Waals surface area contributed by atoms with Crippen LogP contribution in [0.15, 0.2) is 12.7 Å². The van der Waals surface area contributed by atoms with Gasteiger partial charge in [0.2, 0.25) is 0 Å². The van der Waals surface area contributed by atoms with Crippen LogP contribution < -0.4 is 0 Å². The van der Waals surface area contributed by atoms with E-state index in [1.165, 1.54) is 32.8 Å². The largest absolute Gasteiger partial charge is 0.468 e. The first kappa shape index (κ1) is 8.79. The van der Waals surface area contributed by atoms with Crippen molar-refractivity contribution >= 4 is 5.97 Å². The lowest BCUT2D eigenvalue weighted by Gasteiger charge is -2.08. The van der Waals surface area contributed by atoms with Gasteiger partial charge in [0.1, 0.15) is 0 Å². The van der Waals surface area contributed by atoms with Crippen LogP contribution in [0.1, 0.15) is 25.7 Å². The van der Waals surface area contributed by atoms with Gasteiger partial charge >= 0.3 is 5.97 Å². The lowest BCUT2D eigenvalue weighted by molar-refractivity contribution is -0.146. The monoisotopic (exact) mass is 180 g/mol. The molecule has 2 aliphatic carbocycles. The number of fused-ring (bicyclic) bond motifs is 1. The molecule has 2 nitrogen and oxygen atoms in total. The Kier molecular flexibility index (Phi) is 1.94. The topological polar surface area (TPSA) is 26.3 Å². The van der Waals surface area contributed by atoms with E-state index >= 15 is 0 Å². The fourth-order valence-corrected chi connectivity index (χ4v) is 3.04. The van der Waals surface area contributed by atoms with E-state index in [9.17, 15) is 4.79 Å². The maximum atomic E-state index is 11.6. The van der Waals surface area contributed by atoms with Crippen molar-refractivity contribution in [1.29, 1.82) is 0 Å². The summed E-state index contributed by atoms with van der Waals surface area (Å²) in [7, 11) is 1.47. The van der Waals surface area contributed by atoms with Gasteiger partial charge in [-0.2, -0.15) is 0 Å². The molecule has 0 N–H and O–H groups in total. The smallest absolute Gasteiger partial charge is 0.316 e. The van der Waals surface area contributed by atoms with Crippen molar-refractivity contribution in [2.75, 3.05) is 7.11 Å². The average Bonchev–Trinajstić information content (AvgIpc) is 2.86. The molecule has 2 fully saturated rings. The molecule has 0 aromatic rings. The summed E-state index contributed by atoms with van der Waals surface area (Å²) in [6.07, 6.45) is 6.68. The van der Waals surface area contributed by atoms with Crippen molar-refractivity contribution in [2.24, 2.45) is 17.3 Å². The molecular formula is C11H16O2. The average molecular weight is 180 g/mol. The highest BCUT2D eigenvalue weighted by atomic mass is 16.5. The van der Waals surface area contributed by atoms with Gasteiger partial charge in [0.05, 0.1) is 12.5 Å². The lowest BCUT2D eigenvalue weighted by Crippen LogP contribution is -2.18. The summed E-state index contributed by atoms with van der Waals surface area (Å²) in [5.41, 5.74) is -0.300. The molecule has 3 atom stereocenters. The van der Waals surface area contributed by atoms with Gasteiger partial charge in [0.15, 0.2) is 0 Å². The zero-order valence-corrected chi connectivity index (χ0v) is 8.08. The van der Waals surface area contributed by atoms with E-state index in [0.29, 0.717) is 11.8 Å². The van der Waals surface area contributed by atoms with Crippen molar-refractivity contribution < 1.29 is 9.53 Å². The minimum Gasteiger partial charge on any atom is -0.468 e. The van der Waals surface area contributed by atoms with Gasteiger partial charge in [0, 0.05) is 0 Å². The first-order valence-corrected chi connectivity index (χ1v) is 4.99. The highest BCUT2D eigenvalue weighted by molar-refractivity contribution is 5.83. The van der Waals surface area contributed by atoms with Crippen LogP contribution in [-0.2, 0) is 9.53 Å². The van der Waals surface area contributed by atoms with Gasteiger partial charge in [-0.1, -0.05) is 18.9 Å². The number of methoxy groups -OCH3 is 1. The first-order valence-electron chi connectivity index (χ1n) is 4.99. The van der Waals surface area contributed by atoms with E-state index in [1.807, 2.05) is 6.08 Å². The van der Waals surface area contributed by atoms with Crippen LogP contribution in [0, 0.1) is 17.3 Å². The molecule has 2 heteroatoms. The molecule has 1 unspecified atom stereocenters. The van der Waals surface area contributed by atoms with Crippen LogP contribution in [0.4, 0.5) is 0 Å². The van der Waals surface area contributed by atoms with Crippen molar-refractivity contribution in [2.45, 2.75) is 25.7 Å². The van der Waals surface area contributed by atoms with Crippen LogP contribution in [-0.4, -0.2) is 13.1 Å². The van der Waals surface area contributed by atoms with Gasteiger partial charge in [-0.3, -0.25) is 4.79 Å². The number of hydrogen-bond acceptors (Lipinski definition) is 2. The number of carbonyl (C=O) groups is 1. The molecule has 2 aliphatic rings. The number of rotatable bonds is 2. The molecule has 0 aromatic carbocycles. The fraction of sp³-hybridized carbons (Fsp3) is 0.727. The Labute approximate surface area is 79.0 Å². The Balaban J connectivity index is 2.19. The molecule has 0 radical (unpaired) electrons. The van der Waals surface area contributed by atoms with E-state index in [1.54, 1.807) is 0 Å². The molecule has 0 aliphatic heterocycles. The van der Waals surface area contributed by atoms with Crippen LogP contribution in [0.3, 0.4) is 0 Å². The Bertz CT molecular complexity index is 232. The summed E-state index contributed by atoms with van der Waals surface area (Å²) in [6, 6.07) is 0. The second-order valence-corrected chi connectivity index (χ2v) is 4.13. The van der Waals surface area contributed by atoms with E-state index in [2.05, 4.69) is 6.58 Å². The summed E-state index contributed by atoms with van der Waals surface area (Å²) in [5.74, 6) is 0.997. The van der Waals surface area contributed by atoms with Gasteiger partial charge < -0.3 is 4.74 Å². The van der Waals surface area contributed by atoms with E-state index in [4.69, 9.17) is 4.74 Å². The van der Waals surface area contributed by atoms with Gasteiger partial charge in [-0.05, 0) is 24.7 Å². The highest BCUT2D eigenvalue weighted by Crippen LogP contribution is 2.66. The maximum Gasteiger partial charge on any atom is 0.316 e. The van der Waals surface area contributed by atoms with Crippen molar-refractivity contribution in [3.63, 3.8) is 0 Å². The first-order chi connectivity index (χ1) is 6.27. The molecule has 0 saturated heterocycles. The standard InChI is InChI=1S/C11H16O2/c1-3-11(10(12)13-2)8-6-4-5-7-9(8)11/h3,8-9H,1,4-7H2,2H3/t8-,9+,11?. The molecule has 2 saturated carbocycles. The van der Waals surface area contributed by atoms with Gasteiger partial charge in [-0.15, -0.1) is 6.58 Å². The van der Waals surface area contributed by atoms with E-state index in [0.717, 1.165) is 0 Å². The van der Waals surface area contributed by atoms with Gasteiger partial charge in [-0.25, -0.2) is 0 Å². The Hall–Kier alpha value is -0.790. The van der Waals surface area contributed by atoms with E-state index in [-0.39, 0.29) is 11.4 Å². The minimum atomic E-state index is -0.300. The summed E-state index contributed by atoms with van der Waals surface area (Å²) in [4.78, 5) is 11.6. The van der Waals surface area contributed by atoms with Crippen molar-refractivity contribution in [1.82, 2.24) is 0 Å². The van der Waals surface area contributed by atoms with Crippen LogP contribution in [0.5, 0.6) is 0 Å². The normalized spacial score (nSPS) is 41.9. The zero-order valence-electron chi connectivity index (χ0n) is 8.08. The number of esters is 1. The molecular weight excluding hydrogens is 164 g/mol. The molecule has 72 valence electrons. The Morgan fingerprint density at radius 1 is 1.46 bits per heavy atom. The lowest BCUT2D eigenvalue weighted by atomic mass is 10.0. The third kappa shape index (κ3) is 0.976. The number of carbonyl (C=O) groups excluding carboxylic acids is 1. The summed E-state index contributed by atoms with van der Waals surface area (Å²) in [5, 5.41) is 0. The quantitative estimate of drug-likeness (QED) is 0.481. The molecule has 0 heterocycles. The van der Waals surface area contributed by atoms with E-state index < -0.39 is 0 Å². The molecule has 13 heavy (non-hydrogen) atoms. The molecule has 0 amide bonds. The molecule has 2 rings (SSSR count). The Morgan fingerprint density at radius 2 is 2.00 bits per heavy atom. The van der Waals surface area contributed by atoms with Crippen LogP contribution in [0.25, 0.3) is 0 Å². The van der Waals surface area contributed by atoms with Crippen LogP contribution >= 0.6 is 0 Å². The highest BCUT2D eigenvalue weighted by Gasteiger charge is 2.68. The third-order valence-electron chi connectivity index (χ3n) is 3.76. The van der Waals surface area contributed by atoms with Crippen LogP contribution in [0.2, 0.25) is 0 Å². The second-order valence-electron chi connectivity index (χ2n) is 4.13. The molecule has 0 spiro atoms. The number of hydrogen-bond donors (Lipinski definition) is 0. The minimum absolute atomic E-state index is 0.0700. The molecule has 0 aromatic heterocycles. The second kappa shape index (κ2) is 2.86. The van der Waals surface area contributed by atoms with Crippen molar-refractivity contribution in [3.05, 3.63) is 12.7 Å². The molecule has 0 bridgehead atoms. The Morgan fingerprint density at radius 3 is 2.38 bits per heavy atom. The predicted molar refractivity (Wildman–Crippen MR) is 50.1 cm³/mol. The third-order valence-corrected chi connectivity index (χ3v) is 3.76. The summed E-state index contributed by atoms with van der Waals surface area (Å²) in [6.45, 7) is 3.79. The van der Waals surface area contributed by atoms with Gasteiger partial charge in [0.25, 0.3) is 0 Å². The van der Waals surface area contributed by atoms with Crippen molar-refractivity contribution in [3.8, 4) is 0 Å². The maximum absolute atomic E-state index is 11.6. The summed E-state index contributed by atoms with van der Waals surface area (Å²) >= 11 is 0. The predicted octanol–water partition coefficient (Wildman–Crippen LogP) is 2.15. The summed E-state index contributed by atoms with van der Waals surface area (Å²) < 4.78 is 4.85. The number of ether oxygens (including phenoxy) is 1. The SMILES string of the molecule is C=CC1(C(=O)OC)[C@@H]2CCCC[C@@H]21.